The Morgan fingerprint density at radius 2 is 1.04 bits per heavy atom. The van der Waals surface area contributed by atoms with Gasteiger partial charge in [0.1, 0.15) is 27.8 Å². The summed E-state index contributed by atoms with van der Waals surface area (Å²) in [4.78, 5) is 7.14. The molecule has 0 radical (unpaired) electrons. The predicted molar refractivity (Wildman–Crippen MR) is 194 cm³/mol. The Balaban J connectivity index is 1.18. The number of furan rings is 2. The van der Waals surface area contributed by atoms with Crippen LogP contribution in [0, 0.1) is 0 Å². The first-order valence-corrected chi connectivity index (χ1v) is 15.9. The molecule has 0 spiro atoms. The molecule has 0 saturated carbocycles. The van der Waals surface area contributed by atoms with Gasteiger partial charge in [-0.2, -0.15) is 0 Å². The highest BCUT2D eigenvalue weighted by Gasteiger charge is 2.21. The number of oxazole rings is 1. The maximum absolute atomic E-state index is 6.38. The highest BCUT2D eigenvalue weighted by molar-refractivity contribution is 6.14. The van der Waals surface area contributed by atoms with E-state index < -0.39 is 0 Å². The van der Waals surface area contributed by atoms with Crippen molar-refractivity contribution in [3.8, 4) is 22.6 Å². The summed E-state index contributed by atoms with van der Waals surface area (Å²) < 4.78 is 18.9. The molecule has 0 unspecified atom stereocenters. The first-order valence-electron chi connectivity index (χ1n) is 15.9. The molecule has 226 valence electrons. The van der Waals surface area contributed by atoms with Gasteiger partial charge < -0.3 is 18.2 Å². The topological polar surface area (TPSA) is 55.6 Å². The van der Waals surface area contributed by atoms with Crippen molar-refractivity contribution in [1.82, 2.24) is 4.98 Å². The van der Waals surface area contributed by atoms with E-state index >= 15 is 0 Å². The molecule has 10 rings (SSSR count). The van der Waals surface area contributed by atoms with Crippen molar-refractivity contribution >= 4 is 72.0 Å². The fourth-order valence-electron chi connectivity index (χ4n) is 6.83. The first kappa shape index (κ1) is 26.6. The molecule has 5 nitrogen and oxygen atoms in total. The van der Waals surface area contributed by atoms with E-state index in [4.69, 9.17) is 18.2 Å². The minimum absolute atomic E-state index is 0.591. The molecule has 0 fully saturated rings. The zero-order valence-electron chi connectivity index (χ0n) is 25.6. The molecular weight excluding hydrogens is 592 g/mol. The summed E-state index contributed by atoms with van der Waals surface area (Å²) in [5.41, 5.74) is 11.1. The van der Waals surface area contributed by atoms with Crippen molar-refractivity contribution in [2.24, 2.45) is 0 Å². The second-order valence-electron chi connectivity index (χ2n) is 12.0. The van der Waals surface area contributed by atoms with E-state index in [1.807, 2.05) is 66.7 Å². The van der Waals surface area contributed by atoms with Crippen LogP contribution in [0.25, 0.3) is 77.6 Å². The molecule has 48 heavy (non-hydrogen) atoms. The summed E-state index contributed by atoms with van der Waals surface area (Å²) in [5.74, 6) is 0.591. The van der Waals surface area contributed by atoms with Crippen LogP contribution in [0.15, 0.2) is 171 Å². The van der Waals surface area contributed by atoms with Gasteiger partial charge in [-0.25, -0.2) is 4.98 Å². The van der Waals surface area contributed by atoms with E-state index in [1.54, 1.807) is 0 Å². The largest absolute Gasteiger partial charge is 0.456 e. The predicted octanol–water partition coefficient (Wildman–Crippen LogP) is 12.4. The van der Waals surface area contributed by atoms with Gasteiger partial charge in [-0.05, 0) is 77.9 Å². The Kier molecular flexibility index (Phi) is 5.81. The van der Waals surface area contributed by atoms with Crippen molar-refractivity contribution in [2.75, 3.05) is 4.90 Å². The quantitative estimate of drug-likeness (QED) is 0.192. The third-order valence-corrected chi connectivity index (χ3v) is 9.10. The minimum atomic E-state index is 0.591. The number of nitrogens with zero attached hydrogens (tertiary/aromatic N) is 2. The molecule has 0 aliphatic heterocycles. The van der Waals surface area contributed by atoms with Gasteiger partial charge in [0.05, 0.1) is 11.1 Å². The Labute approximate surface area is 274 Å². The second kappa shape index (κ2) is 10.5. The Bertz CT molecular complexity index is 2770. The van der Waals surface area contributed by atoms with Crippen LogP contribution in [0.5, 0.6) is 0 Å². The normalized spacial score (nSPS) is 11.8. The number of rotatable bonds is 5. The average molecular weight is 619 g/mol. The monoisotopic (exact) mass is 618 g/mol. The fourth-order valence-corrected chi connectivity index (χ4v) is 6.83. The summed E-state index contributed by atoms with van der Waals surface area (Å²) in [5, 5.41) is 4.13. The number of anilines is 3. The molecule has 0 saturated heterocycles. The molecule has 3 heterocycles. The molecule has 0 aliphatic carbocycles. The average Bonchev–Trinajstić information content (AvgIpc) is 3.85. The second-order valence-corrected chi connectivity index (χ2v) is 12.0. The highest BCUT2D eigenvalue weighted by Crippen LogP contribution is 2.45. The van der Waals surface area contributed by atoms with Crippen molar-refractivity contribution in [3.05, 3.63) is 158 Å². The van der Waals surface area contributed by atoms with Gasteiger partial charge in [-0.1, -0.05) is 84.9 Å². The Morgan fingerprint density at radius 3 is 1.88 bits per heavy atom. The summed E-state index contributed by atoms with van der Waals surface area (Å²) >= 11 is 0. The molecular formula is C43H26N2O3. The number of benzene rings is 7. The zero-order chi connectivity index (χ0) is 31.6. The van der Waals surface area contributed by atoms with Gasteiger partial charge >= 0.3 is 0 Å². The third-order valence-electron chi connectivity index (χ3n) is 9.10. The fraction of sp³-hybridized carbons (Fsp3) is 0. The number of hydrogen-bond acceptors (Lipinski definition) is 5. The molecule has 0 aliphatic rings. The molecule has 5 heteroatoms. The Hall–Kier alpha value is -6.59. The maximum atomic E-state index is 6.38. The van der Waals surface area contributed by atoms with Crippen LogP contribution in [0.4, 0.5) is 17.1 Å². The van der Waals surface area contributed by atoms with Crippen LogP contribution >= 0.6 is 0 Å². The van der Waals surface area contributed by atoms with Crippen molar-refractivity contribution in [1.29, 1.82) is 0 Å². The lowest BCUT2D eigenvalue weighted by Crippen LogP contribution is -2.10. The van der Waals surface area contributed by atoms with Gasteiger partial charge in [0.2, 0.25) is 5.89 Å². The summed E-state index contributed by atoms with van der Waals surface area (Å²) in [6.45, 7) is 0. The Morgan fingerprint density at radius 1 is 0.396 bits per heavy atom. The van der Waals surface area contributed by atoms with E-state index in [0.717, 1.165) is 77.6 Å². The summed E-state index contributed by atoms with van der Waals surface area (Å²) in [6.07, 6.45) is 0. The number of para-hydroxylation sites is 1. The van der Waals surface area contributed by atoms with E-state index in [0.29, 0.717) is 11.5 Å². The van der Waals surface area contributed by atoms with Crippen LogP contribution < -0.4 is 4.90 Å². The lowest BCUT2D eigenvalue weighted by Gasteiger charge is -2.26. The van der Waals surface area contributed by atoms with Gasteiger partial charge in [0.25, 0.3) is 0 Å². The third kappa shape index (κ3) is 4.22. The molecule has 10 aromatic rings. The molecule has 0 bridgehead atoms. The smallest absolute Gasteiger partial charge is 0.227 e. The highest BCUT2D eigenvalue weighted by atomic mass is 16.4. The lowest BCUT2D eigenvalue weighted by molar-refractivity contribution is 0.617. The van der Waals surface area contributed by atoms with Crippen LogP contribution in [0.2, 0.25) is 0 Å². The number of fused-ring (bicyclic) bond motifs is 7. The number of aromatic nitrogens is 1. The van der Waals surface area contributed by atoms with E-state index in [2.05, 4.69) is 95.9 Å². The molecule has 0 N–H and O–H groups in total. The van der Waals surface area contributed by atoms with Crippen molar-refractivity contribution < 1.29 is 13.3 Å². The zero-order valence-corrected chi connectivity index (χ0v) is 25.6. The van der Waals surface area contributed by atoms with Crippen LogP contribution in [-0.4, -0.2) is 4.98 Å². The van der Waals surface area contributed by atoms with E-state index in [9.17, 15) is 0 Å². The van der Waals surface area contributed by atoms with Gasteiger partial charge in [-0.15, -0.1) is 0 Å². The minimum Gasteiger partial charge on any atom is -0.456 e. The molecule has 3 aromatic heterocycles. The molecule has 0 atom stereocenters. The summed E-state index contributed by atoms with van der Waals surface area (Å²) in [7, 11) is 0. The van der Waals surface area contributed by atoms with E-state index in [1.165, 1.54) is 5.56 Å². The first-order chi connectivity index (χ1) is 23.8. The van der Waals surface area contributed by atoms with Gasteiger partial charge in [0, 0.05) is 39.2 Å². The van der Waals surface area contributed by atoms with Gasteiger partial charge in [-0.3, -0.25) is 0 Å². The SMILES string of the molecule is c1ccc(-c2ccc(N(c3ccc4oc5cc6oc(-c7ccccc7)nc6cc5c4c3)c3cccc4oc5ccccc5c34)cc2)cc1. The van der Waals surface area contributed by atoms with Crippen molar-refractivity contribution in [2.45, 2.75) is 0 Å². The summed E-state index contributed by atoms with van der Waals surface area (Å²) in [6, 6.07) is 54.0. The molecule has 7 aromatic carbocycles. The van der Waals surface area contributed by atoms with E-state index in [-0.39, 0.29) is 0 Å². The molecule has 0 amide bonds. The number of hydrogen-bond donors (Lipinski definition) is 0. The van der Waals surface area contributed by atoms with Crippen LogP contribution in [0.1, 0.15) is 0 Å². The van der Waals surface area contributed by atoms with Crippen molar-refractivity contribution in [3.63, 3.8) is 0 Å². The standard InChI is InChI=1S/C43H26N2O3/c1-3-10-27(11-4-1)28-18-20-30(21-19-28)45(36-15-9-17-39-42(36)32-14-7-8-16-37(32)46-39)31-22-23-38-33(24-31)34-25-35-41(26-40(34)47-38)48-43(44-35)29-12-5-2-6-13-29/h1-26H. The van der Waals surface area contributed by atoms with Crippen LogP contribution in [0.3, 0.4) is 0 Å². The van der Waals surface area contributed by atoms with Crippen LogP contribution in [-0.2, 0) is 0 Å². The lowest BCUT2D eigenvalue weighted by atomic mass is 10.0. The van der Waals surface area contributed by atoms with Gasteiger partial charge in [0.15, 0.2) is 5.58 Å². The maximum Gasteiger partial charge on any atom is 0.227 e.